The molecule has 834 valence electrons. The van der Waals surface area contributed by atoms with E-state index < -0.39 is 384 Å². The fraction of sp³-hybridized carbons (Fsp3) is 1.00. The Morgan fingerprint density at radius 3 is 0.432 bits per heavy atom. The minimum Gasteiger partial charge on any atom is -0.236 e. The van der Waals surface area contributed by atoms with Crippen LogP contribution in [0.25, 0.3) is 0 Å². The van der Waals surface area contributed by atoms with Crippen molar-refractivity contribution in [3.05, 3.63) is 0 Å². The zero-order valence-corrected chi connectivity index (χ0v) is 82.3. The van der Waals surface area contributed by atoms with Gasteiger partial charge in [0.25, 0.3) is 179 Å². The molecule has 8 saturated heterocycles. The average molecular weight is 2430 g/mol. The second kappa shape index (κ2) is 49.1. The molecular weight excluding hydrogens is 2350 g/mol. The normalized spacial score (nSPS) is 26.7. The van der Waals surface area contributed by atoms with Gasteiger partial charge < -0.3 is 0 Å². The van der Waals surface area contributed by atoms with Gasteiger partial charge in [-0.15, -0.1) is 0 Å². The molecule has 0 atom stereocenters. The van der Waals surface area contributed by atoms with Crippen LogP contribution in [0.1, 0.15) is 130 Å². The highest BCUT2D eigenvalue weighted by molar-refractivity contribution is 8.04. The van der Waals surface area contributed by atoms with Crippen LogP contribution >= 0.6 is 0 Å². The molecular formula is C51H78F24O48S16. The first-order valence-corrected chi connectivity index (χ1v) is 61.5. The van der Waals surface area contributed by atoms with Crippen LogP contribution in [0, 0.1) is 0 Å². The maximum Gasteiger partial charge on any atom is 0.445 e. The molecule has 0 saturated carbocycles. The lowest BCUT2D eigenvalue weighted by Crippen LogP contribution is -2.51. The summed E-state index contributed by atoms with van der Waals surface area (Å²) in [4.78, 5) is 0. The van der Waals surface area contributed by atoms with Gasteiger partial charge in [0.05, 0.1) is 113 Å². The smallest absolute Gasteiger partial charge is 0.236 e. The molecule has 0 bridgehead atoms. The molecule has 0 unspecified atom stereocenters. The van der Waals surface area contributed by atoms with Crippen LogP contribution in [0.4, 0.5) is 105 Å². The molecule has 8 aliphatic heterocycles. The average Bonchev–Trinajstić information content (AvgIpc) is 1.68. The molecule has 0 radical (unpaired) electrons. The summed E-state index contributed by atoms with van der Waals surface area (Å²) < 4.78 is 714. The van der Waals surface area contributed by atoms with Crippen molar-refractivity contribution in [2.45, 2.75) is 228 Å². The van der Waals surface area contributed by atoms with Gasteiger partial charge in [0.1, 0.15) is 0 Å². The van der Waals surface area contributed by atoms with E-state index in [2.05, 4.69) is 66.9 Å². The summed E-state index contributed by atoms with van der Waals surface area (Å²) in [5.41, 5.74) is 0. The van der Waals surface area contributed by atoms with Gasteiger partial charge in [-0.3, -0.25) is 0 Å². The van der Waals surface area contributed by atoms with Gasteiger partial charge in [-0.1, -0.05) is 12.8 Å². The molecule has 0 spiro atoms. The summed E-state index contributed by atoms with van der Waals surface area (Å²) in [6.07, 6.45) is -61.1. The van der Waals surface area contributed by atoms with Gasteiger partial charge in [0.2, 0.25) is 36.5 Å². The Morgan fingerprint density at radius 2 is 0.288 bits per heavy atom. The van der Waals surface area contributed by atoms with E-state index in [0.717, 1.165) is 0 Å². The summed E-state index contributed by atoms with van der Waals surface area (Å²) in [6.45, 7) is 0.643. The monoisotopic (exact) mass is 2430 g/mol. The largest absolute Gasteiger partial charge is 0.445 e. The summed E-state index contributed by atoms with van der Waals surface area (Å²) in [6, 6.07) is 0. The molecule has 0 aliphatic carbocycles. The Morgan fingerprint density at radius 1 is 0.173 bits per heavy atom. The first-order valence-electron chi connectivity index (χ1n) is 36.3. The Kier molecular flexibility index (Phi) is 47.3. The van der Waals surface area contributed by atoms with Crippen molar-refractivity contribution < 1.29 is 307 Å². The minimum absolute atomic E-state index is 0.0196. The highest BCUT2D eigenvalue weighted by atomic mass is 32.3. The standard InChI is InChI=1S/2C8H13F3O6S2.2C7H11F3O6S2.2C6H9F3O6S2.C5H7F3O6S2.C4H5F3O6S2/c1-7(8(9,10)11)16-18(12,13)5-3-2-4-6-19(14,15)17-7;9-8(10,11)6-7-16-18(12,13)4-2-1-3-5-19(14,15)17-7;1-6(7(8,9)10)15-17(11,12)4-2-3-5-18(13,14)16-6;8-7(9,10)5-6-15-17(11,12)3-1-2-4-18(13,14)16-6;1-5(6(7,8)9)14-16(10,11)3-2-4-17(12,13)15-5;7-6(8,9)4-5-14-16(10,11)2-1-3-17(12,13)15-5;6-5(7,8)3-4-13-15(9,10)1-2-16(11,12)14-4;5-4(6,7)1-3-12-14(8,9)2-15(10,11)13-3/h2-6H2,1H3;7H,1-6H2;2-5H2,1H3;6H,1-5H2;2-4H2,1H3;5H,1-4H2;4H,1-3H2;3H,1-2H2. The molecule has 88 heteroatoms. The van der Waals surface area contributed by atoms with Gasteiger partial charge in [0.15, 0.2) is 0 Å². The van der Waals surface area contributed by atoms with Gasteiger partial charge >= 0.3 is 49.4 Å². The second-order valence-corrected chi connectivity index (χ2v) is 55.6. The fourth-order valence-corrected chi connectivity index (χ4v) is 29.2. The van der Waals surface area contributed by atoms with Gasteiger partial charge in [0, 0.05) is 20.8 Å². The summed E-state index contributed by atoms with van der Waals surface area (Å²) in [5.74, 6) is -20.7. The molecule has 0 aromatic rings. The fourth-order valence-electron chi connectivity index (χ4n) is 9.26. The Labute approximate surface area is 777 Å². The van der Waals surface area contributed by atoms with E-state index in [1.165, 1.54) is 0 Å². The molecule has 8 rings (SSSR count). The van der Waals surface area contributed by atoms with E-state index in [0.29, 0.717) is 6.42 Å². The van der Waals surface area contributed by atoms with Crippen LogP contribution in [0.3, 0.4) is 0 Å². The number of alkyl halides is 24. The zero-order chi connectivity index (χ0) is 109. The van der Waals surface area contributed by atoms with E-state index in [4.69, 9.17) is 0 Å². The van der Waals surface area contributed by atoms with Crippen LogP contribution in [0.2, 0.25) is 0 Å². The van der Waals surface area contributed by atoms with Crippen molar-refractivity contribution in [2.75, 3.05) is 85.6 Å². The third kappa shape index (κ3) is 58.4. The lowest BCUT2D eigenvalue weighted by Gasteiger charge is -2.31. The van der Waals surface area contributed by atoms with Crippen molar-refractivity contribution in [1.29, 1.82) is 0 Å². The summed E-state index contributed by atoms with van der Waals surface area (Å²) >= 11 is 0. The maximum atomic E-state index is 12.8. The van der Waals surface area contributed by atoms with Crippen molar-refractivity contribution in [3.63, 3.8) is 0 Å². The van der Waals surface area contributed by atoms with E-state index in [-0.39, 0.29) is 85.0 Å². The Balaban J connectivity index is 0.000000795. The number of rotatable bonds is 5. The third-order valence-electron chi connectivity index (χ3n) is 14.9. The molecule has 0 aromatic heterocycles. The summed E-state index contributed by atoms with van der Waals surface area (Å²) in [5, 5.41) is -1.48. The summed E-state index contributed by atoms with van der Waals surface area (Å²) in [7, 11) is -70.1. The van der Waals surface area contributed by atoms with Crippen LogP contribution in [0.15, 0.2) is 0 Å². The van der Waals surface area contributed by atoms with Gasteiger partial charge in [-0.2, -0.15) is 240 Å². The lowest BCUT2D eigenvalue weighted by atomic mass is 10.3. The van der Waals surface area contributed by atoms with Gasteiger partial charge in [-0.25, -0.2) is 66.9 Å². The molecule has 0 N–H and O–H groups in total. The molecule has 0 aromatic carbocycles. The molecule has 0 amide bonds. The SMILES string of the molecule is CC1(C(F)(F)F)OS(=O)(=O)CCCCCS(=O)(=O)O1.CC1(C(F)(F)F)OS(=O)(=O)CCCCS(=O)(=O)O1.CC1(C(F)(F)F)OS(=O)(=O)CCCS(=O)(=O)O1.O=S1(=O)CCCCCS(=O)(=O)OC(CC(F)(F)F)O1.O=S1(=O)CCCCS(=O)(=O)OC(CC(F)(F)F)O1.O=S1(=O)CCCS(=O)(=O)OC(CC(F)(F)F)O1.O=S1(=O)CCS(=O)(=O)OC(CC(F)(F)F)O1.O=S1(=O)CS(=O)(=O)OC(CC(F)(F)F)O1. The Bertz CT molecular complexity index is 5760. The van der Waals surface area contributed by atoms with E-state index >= 15 is 0 Å². The first kappa shape index (κ1) is 134. The molecule has 8 aliphatic rings. The molecule has 8 heterocycles. The molecule has 48 nitrogen and oxygen atoms in total. The maximum absolute atomic E-state index is 12.8. The van der Waals surface area contributed by atoms with Gasteiger partial charge in [-0.05, 0) is 64.2 Å². The Hall–Kier alpha value is -3.12. The van der Waals surface area contributed by atoms with E-state index in [1.807, 2.05) is 0 Å². The van der Waals surface area contributed by atoms with Crippen molar-refractivity contribution in [3.8, 4) is 0 Å². The zero-order valence-electron chi connectivity index (χ0n) is 69.2. The van der Waals surface area contributed by atoms with E-state index in [1.54, 1.807) is 0 Å². The van der Waals surface area contributed by atoms with Crippen molar-refractivity contribution in [1.82, 2.24) is 0 Å². The van der Waals surface area contributed by atoms with Crippen LogP contribution in [0.5, 0.6) is 0 Å². The third-order valence-corrected chi connectivity index (χ3v) is 36.8. The van der Waals surface area contributed by atoms with Crippen LogP contribution < -0.4 is 0 Å². The van der Waals surface area contributed by atoms with E-state index in [9.17, 15) is 240 Å². The van der Waals surface area contributed by atoms with Crippen molar-refractivity contribution in [2.24, 2.45) is 0 Å². The first-order chi connectivity index (χ1) is 61.1. The number of hydrogen-bond donors (Lipinski definition) is 0. The molecule has 139 heavy (non-hydrogen) atoms. The number of halogens is 24. The number of hydrogen-bond acceptors (Lipinski definition) is 48. The second-order valence-electron chi connectivity index (χ2n) is 28.2. The quantitative estimate of drug-likeness (QED) is 0.272. The minimum atomic E-state index is -5.31. The predicted molar refractivity (Wildman–Crippen MR) is 404 cm³/mol. The highest BCUT2D eigenvalue weighted by Gasteiger charge is 2.63. The molecule has 8 fully saturated rings. The highest BCUT2D eigenvalue weighted by Crippen LogP contribution is 2.43. The van der Waals surface area contributed by atoms with Crippen LogP contribution in [-0.4, -0.2) is 319 Å². The topological polar surface area (TPSA) is 694 Å². The lowest BCUT2D eigenvalue weighted by molar-refractivity contribution is -0.311. The predicted octanol–water partition coefficient (Wildman–Crippen LogP) is 4.41. The van der Waals surface area contributed by atoms with Crippen molar-refractivity contribution >= 4 is 162 Å². The van der Waals surface area contributed by atoms with Crippen LogP contribution in [-0.2, 0) is 229 Å².